The highest BCUT2D eigenvalue weighted by atomic mass is 32.2. The fraction of sp³-hybridized carbons (Fsp3) is 0.611. The average molecular weight is 384 g/mol. The highest BCUT2D eigenvalue weighted by Gasteiger charge is 2.34. The molecule has 1 heterocycles. The van der Waals surface area contributed by atoms with Crippen LogP contribution in [0.25, 0.3) is 0 Å². The predicted molar refractivity (Wildman–Crippen MR) is 98.7 cm³/mol. The Kier molecular flexibility index (Phi) is 7.02. The molecule has 26 heavy (non-hydrogen) atoms. The maximum absolute atomic E-state index is 13.0. The van der Waals surface area contributed by atoms with Gasteiger partial charge in [0.05, 0.1) is 13.7 Å². The first-order valence-electron chi connectivity index (χ1n) is 8.73. The van der Waals surface area contributed by atoms with Crippen molar-refractivity contribution in [2.24, 2.45) is 5.92 Å². The van der Waals surface area contributed by atoms with E-state index in [-0.39, 0.29) is 22.8 Å². The number of benzene rings is 1. The van der Waals surface area contributed by atoms with Gasteiger partial charge in [-0.15, -0.1) is 0 Å². The lowest BCUT2D eigenvalue weighted by molar-refractivity contribution is -0.127. The molecule has 0 unspecified atom stereocenters. The number of nitrogens with one attached hydrogen (secondary N) is 1. The van der Waals surface area contributed by atoms with E-state index in [1.54, 1.807) is 19.2 Å². The molecule has 8 heteroatoms. The summed E-state index contributed by atoms with van der Waals surface area (Å²) in [7, 11) is -0.603. The lowest BCUT2D eigenvalue weighted by Crippen LogP contribution is -2.45. The number of carbonyl (C=O) groups is 1. The van der Waals surface area contributed by atoms with Crippen molar-refractivity contribution in [2.75, 3.05) is 33.9 Å². The summed E-state index contributed by atoms with van der Waals surface area (Å²) in [6.45, 7) is 4.81. The molecule has 146 valence electrons. The fourth-order valence-electron chi connectivity index (χ4n) is 3.14. The number of carbonyl (C=O) groups excluding carboxylic acids is 1. The first-order chi connectivity index (χ1) is 12.3. The minimum Gasteiger partial charge on any atom is -0.495 e. The molecular formula is C18H28N2O5S. The number of sulfonamides is 1. The van der Waals surface area contributed by atoms with Gasteiger partial charge in [-0.05, 0) is 44.4 Å². The van der Waals surface area contributed by atoms with Crippen LogP contribution < -0.4 is 10.1 Å². The summed E-state index contributed by atoms with van der Waals surface area (Å²) >= 11 is 0. The van der Waals surface area contributed by atoms with Crippen LogP contribution in [0.5, 0.6) is 5.75 Å². The minimum absolute atomic E-state index is 0.0419. The van der Waals surface area contributed by atoms with Crippen LogP contribution in [0, 0.1) is 12.8 Å². The molecule has 0 spiro atoms. The number of aryl methyl sites for hydroxylation is 1. The minimum atomic E-state index is -3.65. The van der Waals surface area contributed by atoms with Crippen molar-refractivity contribution in [3.8, 4) is 5.75 Å². The van der Waals surface area contributed by atoms with E-state index in [4.69, 9.17) is 9.47 Å². The SMILES string of the molecule is COC[C@H](C)NC(=O)C1CCN(S(=O)(=O)c2cc(C)ccc2OC)CC1. The van der Waals surface area contributed by atoms with Gasteiger partial charge in [-0.2, -0.15) is 4.31 Å². The number of amides is 1. The van der Waals surface area contributed by atoms with Crippen LogP contribution in [0.1, 0.15) is 25.3 Å². The smallest absolute Gasteiger partial charge is 0.246 e. The largest absolute Gasteiger partial charge is 0.495 e. The Labute approximate surface area is 155 Å². The van der Waals surface area contributed by atoms with Crippen molar-refractivity contribution in [2.45, 2.75) is 37.6 Å². The molecule has 0 aliphatic carbocycles. The van der Waals surface area contributed by atoms with Gasteiger partial charge in [0, 0.05) is 32.2 Å². The van der Waals surface area contributed by atoms with Gasteiger partial charge in [0.1, 0.15) is 10.6 Å². The molecule has 0 saturated carbocycles. The number of rotatable bonds is 7. The van der Waals surface area contributed by atoms with Gasteiger partial charge in [0.15, 0.2) is 0 Å². The molecule has 2 rings (SSSR count). The Morgan fingerprint density at radius 3 is 2.54 bits per heavy atom. The molecule has 1 aliphatic heterocycles. The Bertz CT molecular complexity index is 727. The van der Waals surface area contributed by atoms with Gasteiger partial charge in [0.25, 0.3) is 0 Å². The summed E-state index contributed by atoms with van der Waals surface area (Å²) in [4.78, 5) is 12.5. The van der Waals surface area contributed by atoms with E-state index < -0.39 is 10.0 Å². The zero-order valence-corrected chi connectivity index (χ0v) is 16.6. The Morgan fingerprint density at radius 1 is 1.31 bits per heavy atom. The van der Waals surface area contributed by atoms with E-state index in [1.807, 2.05) is 19.9 Å². The number of hydrogen-bond acceptors (Lipinski definition) is 5. The normalized spacial score (nSPS) is 17.7. The first-order valence-corrected chi connectivity index (χ1v) is 10.2. The number of nitrogens with zero attached hydrogens (tertiary/aromatic N) is 1. The van der Waals surface area contributed by atoms with E-state index in [9.17, 15) is 13.2 Å². The van der Waals surface area contributed by atoms with Crippen molar-refractivity contribution < 1.29 is 22.7 Å². The van der Waals surface area contributed by atoms with Crippen LogP contribution in [0.3, 0.4) is 0 Å². The summed E-state index contributed by atoms with van der Waals surface area (Å²) in [6.07, 6.45) is 0.998. The third-order valence-electron chi connectivity index (χ3n) is 4.57. The second-order valence-electron chi connectivity index (χ2n) is 6.70. The number of methoxy groups -OCH3 is 2. The van der Waals surface area contributed by atoms with E-state index >= 15 is 0 Å². The van der Waals surface area contributed by atoms with E-state index in [2.05, 4.69) is 5.32 Å². The van der Waals surface area contributed by atoms with Crippen molar-refractivity contribution in [1.82, 2.24) is 9.62 Å². The second-order valence-corrected chi connectivity index (χ2v) is 8.60. The molecule has 1 aliphatic rings. The Balaban J connectivity index is 2.05. The predicted octanol–water partition coefficient (Wildman–Crippen LogP) is 1.56. The average Bonchev–Trinajstić information content (AvgIpc) is 2.62. The highest BCUT2D eigenvalue weighted by Crippen LogP contribution is 2.30. The third kappa shape index (κ3) is 4.75. The van der Waals surface area contributed by atoms with Crippen LogP contribution >= 0.6 is 0 Å². The molecule has 1 atom stereocenters. The van der Waals surface area contributed by atoms with E-state index in [0.717, 1.165) is 5.56 Å². The van der Waals surface area contributed by atoms with Crippen molar-refractivity contribution in [3.63, 3.8) is 0 Å². The lowest BCUT2D eigenvalue weighted by Gasteiger charge is -2.31. The van der Waals surface area contributed by atoms with Gasteiger partial charge >= 0.3 is 0 Å². The number of ether oxygens (including phenoxy) is 2. The summed E-state index contributed by atoms with van der Waals surface area (Å²) in [5.74, 6) is 0.115. The molecule has 0 bridgehead atoms. The monoisotopic (exact) mass is 384 g/mol. The maximum Gasteiger partial charge on any atom is 0.246 e. The molecule has 7 nitrogen and oxygen atoms in total. The highest BCUT2D eigenvalue weighted by molar-refractivity contribution is 7.89. The first kappa shape index (κ1) is 20.7. The van der Waals surface area contributed by atoms with Crippen molar-refractivity contribution in [3.05, 3.63) is 23.8 Å². The van der Waals surface area contributed by atoms with Gasteiger partial charge in [-0.25, -0.2) is 8.42 Å². The molecule has 1 aromatic rings. The summed E-state index contributed by atoms with van der Waals surface area (Å²) < 4.78 is 37.7. The zero-order chi connectivity index (χ0) is 19.3. The Morgan fingerprint density at radius 2 is 1.96 bits per heavy atom. The zero-order valence-electron chi connectivity index (χ0n) is 15.8. The van der Waals surface area contributed by atoms with E-state index in [0.29, 0.717) is 38.3 Å². The maximum atomic E-state index is 13.0. The molecular weight excluding hydrogens is 356 g/mol. The molecule has 1 amide bonds. The standard InChI is InChI=1S/C18H28N2O5S/c1-13-5-6-16(25-4)17(11-13)26(22,23)20-9-7-15(8-10-20)18(21)19-14(2)12-24-3/h5-6,11,14-15H,7-10,12H2,1-4H3,(H,19,21)/t14-/m0/s1. The molecule has 1 aromatic carbocycles. The summed E-state index contributed by atoms with van der Waals surface area (Å²) in [5.41, 5.74) is 0.853. The summed E-state index contributed by atoms with van der Waals surface area (Å²) in [5, 5.41) is 2.91. The van der Waals surface area contributed by atoms with Crippen LogP contribution in [0.15, 0.2) is 23.1 Å². The molecule has 0 aromatic heterocycles. The van der Waals surface area contributed by atoms with Crippen LogP contribution in [-0.2, 0) is 19.6 Å². The molecule has 1 saturated heterocycles. The quantitative estimate of drug-likeness (QED) is 0.771. The number of piperidine rings is 1. The van der Waals surface area contributed by atoms with Crippen molar-refractivity contribution in [1.29, 1.82) is 0 Å². The van der Waals surface area contributed by atoms with Crippen LogP contribution in [-0.4, -0.2) is 58.6 Å². The van der Waals surface area contributed by atoms with Crippen LogP contribution in [0.2, 0.25) is 0 Å². The summed E-state index contributed by atoms with van der Waals surface area (Å²) in [6, 6.07) is 5.04. The lowest BCUT2D eigenvalue weighted by atomic mass is 9.97. The van der Waals surface area contributed by atoms with Crippen molar-refractivity contribution >= 4 is 15.9 Å². The second kappa shape index (κ2) is 8.83. The number of hydrogen-bond donors (Lipinski definition) is 1. The van der Waals surface area contributed by atoms with Crippen LogP contribution in [0.4, 0.5) is 0 Å². The van der Waals surface area contributed by atoms with E-state index in [1.165, 1.54) is 11.4 Å². The van der Waals surface area contributed by atoms with Gasteiger partial charge in [0.2, 0.25) is 15.9 Å². The molecule has 1 fully saturated rings. The molecule has 0 radical (unpaired) electrons. The fourth-order valence-corrected chi connectivity index (χ4v) is 4.85. The van der Waals surface area contributed by atoms with Gasteiger partial charge in [-0.1, -0.05) is 6.07 Å². The topological polar surface area (TPSA) is 84.9 Å². The van der Waals surface area contributed by atoms with Gasteiger partial charge in [-0.3, -0.25) is 4.79 Å². The van der Waals surface area contributed by atoms with Gasteiger partial charge < -0.3 is 14.8 Å². The third-order valence-corrected chi connectivity index (χ3v) is 6.49. The molecule has 1 N–H and O–H groups in total. The Hall–Kier alpha value is -1.64.